The second-order valence-electron chi connectivity index (χ2n) is 7.69. The fourth-order valence-electron chi connectivity index (χ4n) is 3.81. The summed E-state index contributed by atoms with van der Waals surface area (Å²) in [6.45, 7) is 8.91. The molecule has 2 atom stereocenters. The van der Waals surface area contributed by atoms with Crippen molar-refractivity contribution < 1.29 is 24.0 Å². The molecular weight excluding hydrogens is 444 g/mol. The number of methoxy groups -OCH3 is 1. The third-order valence-corrected chi connectivity index (χ3v) is 6.27. The predicted molar refractivity (Wildman–Crippen MR) is 124 cm³/mol. The first kappa shape index (κ1) is 23.9. The fourth-order valence-corrected chi connectivity index (χ4v) is 4.57. The molecule has 0 saturated heterocycles. The van der Waals surface area contributed by atoms with E-state index in [1.165, 1.54) is 42.7 Å². The Morgan fingerprint density at radius 1 is 1.21 bits per heavy atom. The molecule has 3 rings (SSSR count). The number of non-ortho nitro benzene ring substituents is 1. The highest BCUT2D eigenvalue weighted by molar-refractivity contribution is 7.08. The molecular formula is C24H24N2O6S. The summed E-state index contributed by atoms with van der Waals surface area (Å²) in [7, 11) is 1.24. The summed E-state index contributed by atoms with van der Waals surface area (Å²) >= 11 is 1.46. The zero-order valence-electron chi connectivity index (χ0n) is 18.7. The Morgan fingerprint density at radius 3 is 2.42 bits per heavy atom. The van der Waals surface area contributed by atoms with Crippen molar-refractivity contribution in [3.05, 3.63) is 97.5 Å². The van der Waals surface area contributed by atoms with Gasteiger partial charge in [-0.1, -0.05) is 18.7 Å². The van der Waals surface area contributed by atoms with Crippen LogP contribution in [0.4, 0.5) is 5.69 Å². The molecule has 1 aliphatic rings. The van der Waals surface area contributed by atoms with Crippen molar-refractivity contribution >= 4 is 29.0 Å². The number of carbonyl (C=O) groups is 2. The molecule has 0 radical (unpaired) electrons. The minimum absolute atomic E-state index is 0.157. The molecule has 0 fully saturated rings. The summed E-state index contributed by atoms with van der Waals surface area (Å²) in [5, 5.41) is 18.2. The number of ether oxygens (including phenoxy) is 2. The Hall–Kier alpha value is -3.72. The van der Waals surface area contributed by atoms with E-state index in [1.54, 1.807) is 26.8 Å². The zero-order chi connectivity index (χ0) is 24.3. The van der Waals surface area contributed by atoms with Gasteiger partial charge in [0.25, 0.3) is 5.69 Å². The average Bonchev–Trinajstić information content (AvgIpc) is 3.33. The molecule has 1 aromatic carbocycles. The number of thiophene rings is 1. The van der Waals surface area contributed by atoms with Crippen molar-refractivity contribution in [1.82, 2.24) is 5.32 Å². The number of nitro benzene ring substituents is 1. The van der Waals surface area contributed by atoms with Gasteiger partial charge in [0.1, 0.15) is 0 Å². The van der Waals surface area contributed by atoms with Crippen LogP contribution in [-0.2, 0) is 24.7 Å². The largest absolute Gasteiger partial charge is 0.466 e. The average molecular weight is 469 g/mol. The van der Waals surface area contributed by atoms with Gasteiger partial charge in [0, 0.05) is 29.1 Å². The lowest BCUT2D eigenvalue weighted by molar-refractivity contribution is -0.384. The van der Waals surface area contributed by atoms with Crippen LogP contribution in [0.25, 0.3) is 0 Å². The Balaban J connectivity index is 2.15. The van der Waals surface area contributed by atoms with E-state index >= 15 is 0 Å². The van der Waals surface area contributed by atoms with Crippen LogP contribution in [0, 0.1) is 10.1 Å². The van der Waals surface area contributed by atoms with Crippen molar-refractivity contribution in [2.24, 2.45) is 0 Å². The maximum absolute atomic E-state index is 13.6. The number of hydrogen-bond donors (Lipinski definition) is 1. The quantitative estimate of drug-likeness (QED) is 0.271. The first-order chi connectivity index (χ1) is 15.6. The molecule has 1 aliphatic heterocycles. The summed E-state index contributed by atoms with van der Waals surface area (Å²) in [4.78, 5) is 37.2. The van der Waals surface area contributed by atoms with E-state index < -0.39 is 28.4 Å². The van der Waals surface area contributed by atoms with Crippen molar-refractivity contribution in [3.8, 4) is 0 Å². The number of benzene rings is 1. The molecule has 0 aliphatic carbocycles. The lowest BCUT2D eigenvalue weighted by atomic mass is 9.80. The van der Waals surface area contributed by atoms with Gasteiger partial charge < -0.3 is 14.8 Å². The minimum atomic E-state index is -1.11. The van der Waals surface area contributed by atoms with E-state index in [2.05, 4.69) is 11.9 Å². The van der Waals surface area contributed by atoms with E-state index in [9.17, 15) is 19.7 Å². The van der Waals surface area contributed by atoms with Crippen LogP contribution in [0.15, 0.2) is 76.3 Å². The molecule has 2 heterocycles. The van der Waals surface area contributed by atoms with E-state index in [-0.39, 0.29) is 16.8 Å². The number of dihydropyridines is 1. The summed E-state index contributed by atoms with van der Waals surface area (Å²) in [5.74, 6) is -2.26. The Morgan fingerprint density at radius 2 is 1.88 bits per heavy atom. The second-order valence-corrected chi connectivity index (χ2v) is 8.47. The maximum atomic E-state index is 13.6. The number of nitrogens with zero attached hydrogens (tertiary/aromatic N) is 1. The highest BCUT2D eigenvalue weighted by atomic mass is 32.1. The van der Waals surface area contributed by atoms with Crippen LogP contribution in [0.1, 0.15) is 37.8 Å². The molecule has 0 spiro atoms. The molecule has 0 saturated carbocycles. The highest BCUT2D eigenvalue weighted by Crippen LogP contribution is 2.41. The third kappa shape index (κ3) is 4.58. The van der Waals surface area contributed by atoms with Gasteiger partial charge in [-0.25, -0.2) is 9.59 Å². The monoisotopic (exact) mass is 468 g/mol. The molecule has 9 heteroatoms. The fraction of sp³-hybridized carbons (Fsp3) is 0.250. The molecule has 0 bridgehead atoms. The topological polar surface area (TPSA) is 108 Å². The lowest BCUT2D eigenvalue weighted by Crippen LogP contribution is -2.35. The van der Waals surface area contributed by atoms with Crippen LogP contribution in [0.5, 0.6) is 0 Å². The SMILES string of the molecule is C=CC(C)(OC(=O)C1=C(C)NC(C)=C(C(=O)OC)C1c1cccc([N+](=O)[O-])c1)c1ccsc1. The number of nitro groups is 1. The van der Waals surface area contributed by atoms with Crippen LogP contribution in [0.2, 0.25) is 0 Å². The molecule has 33 heavy (non-hydrogen) atoms. The van der Waals surface area contributed by atoms with Crippen LogP contribution < -0.4 is 5.32 Å². The number of nitrogens with one attached hydrogen (secondary N) is 1. The highest BCUT2D eigenvalue weighted by Gasteiger charge is 2.40. The van der Waals surface area contributed by atoms with E-state index in [0.717, 1.165) is 5.56 Å². The zero-order valence-corrected chi connectivity index (χ0v) is 19.5. The van der Waals surface area contributed by atoms with Crippen LogP contribution in [-0.4, -0.2) is 24.0 Å². The molecule has 172 valence electrons. The van der Waals surface area contributed by atoms with Gasteiger partial charge in [-0.2, -0.15) is 11.3 Å². The molecule has 2 aromatic rings. The lowest BCUT2D eigenvalue weighted by Gasteiger charge is -2.33. The molecule has 8 nitrogen and oxygen atoms in total. The van der Waals surface area contributed by atoms with E-state index in [4.69, 9.17) is 9.47 Å². The van der Waals surface area contributed by atoms with Crippen LogP contribution >= 0.6 is 11.3 Å². The number of hydrogen-bond acceptors (Lipinski definition) is 8. The summed E-state index contributed by atoms with van der Waals surface area (Å²) < 4.78 is 10.9. The number of carbonyl (C=O) groups excluding carboxylic acids is 2. The van der Waals surface area contributed by atoms with Crippen LogP contribution in [0.3, 0.4) is 0 Å². The minimum Gasteiger partial charge on any atom is -0.466 e. The van der Waals surface area contributed by atoms with E-state index in [0.29, 0.717) is 17.0 Å². The van der Waals surface area contributed by atoms with Gasteiger partial charge in [0.2, 0.25) is 0 Å². The molecule has 1 N–H and O–H groups in total. The number of allylic oxidation sites excluding steroid dienone is 2. The van der Waals surface area contributed by atoms with Gasteiger partial charge in [-0.15, -0.1) is 0 Å². The first-order valence-corrected chi connectivity index (χ1v) is 11.0. The van der Waals surface area contributed by atoms with Crippen molar-refractivity contribution in [3.63, 3.8) is 0 Å². The van der Waals surface area contributed by atoms with Crippen molar-refractivity contribution in [2.45, 2.75) is 32.3 Å². The smallest absolute Gasteiger partial charge is 0.337 e. The molecule has 1 aromatic heterocycles. The Bertz CT molecular complexity index is 1180. The van der Waals surface area contributed by atoms with Gasteiger partial charge in [0.05, 0.1) is 29.1 Å². The second kappa shape index (κ2) is 9.41. The predicted octanol–water partition coefficient (Wildman–Crippen LogP) is 4.71. The number of rotatable bonds is 7. The number of esters is 2. The summed E-state index contributed by atoms with van der Waals surface area (Å²) in [5.41, 5.74) is 1.16. The first-order valence-electron chi connectivity index (χ1n) is 10.0. The third-order valence-electron chi connectivity index (χ3n) is 5.59. The van der Waals surface area contributed by atoms with Crippen molar-refractivity contribution in [1.29, 1.82) is 0 Å². The Kier molecular flexibility index (Phi) is 6.83. The maximum Gasteiger partial charge on any atom is 0.337 e. The molecule has 0 amide bonds. The van der Waals surface area contributed by atoms with E-state index in [1.807, 2.05) is 16.8 Å². The van der Waals surface area contributed by atoms with Gasteiger partial charge in [0.15, 0.2) is 5.60 Å². The molecule has 2 unspecified atom stereocenters. The summed E-state index contributed by atoms with van der Waals surface area (Å²) in [6.07, 6.45) is 1.53. The van der Waals surface area contributed by atoms with Crippen molar-refractivity contribution in [2.75, 3.05) is 7.11 Å². The normalized spacial score (nSPS) is 17.6. The van der Waals surface area contributed by atoms with Gasteiger partial charge in [-0.3, -0.25) is 10.1 Å². The summed E-state index contributed by atoms with van der Waals surface area (Å²) in [6, 6.07) is 7.67. The van der Waals surface area contributed by atoms with Gasteiger partial charge >= 0.3 is 11.9 Å². The van der Waals surface area contributed by atoms with Gasteiger partial charge in [-0.05, 0) is 49.2 Å². The Labute approximate surface area is 195 Å². The standard InChI is InChI=1S/C24H24N2O6S/c1-6-24(4,17-10-11-33-13-17)32-23(28)20-15(3)25-14(2)19(22(27)31-5)21(20)16-8-7-9-18(12-16)26(29)30/h6-13,21,25H,1H2,2-5H3.